The fourth-order valence-corrected chi connectivity index (χ4v) is 6.24. The Kier molecular flexibility index (Phi) is 5.89. The van der Waals surface area contributed by atoms with Gasteiger partial charge in [0, 0.05) is 21.1 Å². The van der Waals surface area contributed by atoms with Crippen molar-refractivity contribution in [2.24, 2.45) is 5.92 Å². The van der Waals surface area contributed by atoms with Gasteiger partial charge in [-0.3, -0.25) is 4.72 Å². The normalized spacial score (nSPS) is 21.1. The topological polar surface area (TPSA) is 67.4 Å². The number of fused-ring (bicyclic) bond motifs is 3. The van der Waals surface area contributed by atoms with Gasteiger partial charge in [0.2, 0.25) is 0 Å². The van der Waals surface area contributed by atoms with Gasteiger partial charge in [-0.25, -0.2) is 8.42 Å². The molecule has 0 amide bonds. The minimum Gasteiger partial charge on any atom is -0.495 e. The van der Waals surface area contributed by atoms with Crippen LogP contribution in [0.1, 0.15) is 29.5 Å². The molecule has 0 aromatic heterocycles. The standard InChI is InChI=1S/C25H22BrClN2O3S/c1-32-24-12-9-17(27)13-23(24)29-33(30,31)18-10-11-22-21(14-18)19-3-2-4-20(19)25(28-22)15-5-7-16(26)8-6-15/h2-3,5-14,19-20,25,28-29H,4H2,1H3/t19-,20+,25+/m0/s1. The molecule has 33 heavy (non-hydrogen) atoms. The molecular formula is C25H22BrClN2O3S. The van der Waals surface area contributed by atoms with E-state index in [4.69, 9.17) is 16.3 Å². The average Bonchev–Trinajstić information content (AvgIpc) is 3.29. The Morgan fingerprint density at radius 1 is 1.09 bits per heavy atom. The molecule has 0 bridgehead atoms. The van der Waals surface area contributed by atoms with E-state index in [-0.39, 0.29) is 16.9 Å². The molecule has 0 saturated carbocycles. The van der Waals surface area contributed by atoms with E-state index in [0.717, 1.165) is 22.1 Å². The van der Waals surface area contributed by atoms with E-state index in [2.05, 4.69) is 62.4 Å². The molecule has 5 nitrogen and oxygen atoms in total. The SMILES string of the molecule is COc1ccc(Cl)cc1NS(=O)(=O)c1ccc2c(c1)[C@H]1C=CC[C@H]1[C@@H](c1ccc(Br)cc1)N2. The number of halogens is 2. The Balaban J connectivity index is 1.49. The van der Waals surface area contributed by atoms with Crippen molar-refractivity contribution in [3.05, 3.63) is 93.4 Å². The fraction of sp³-hybridized carbons (Fsp3) is 0.200. The van der Waals surface area contributed by atoms with Gasteiger partial charge in [0.25, 0.3) is 10.0 Å². The lowest BCUT2D eigenvalue weighted by molar-refractivity contribution is 0.417. The van der Waals surface area contributed by atoms with Crippen LogP contribution in [0.4, 0.5) is 11.4 Å². The smallest absolute Gasteiger partial charge is 0.262 e. The van der Waals surface area contributed by atoms with Crippen LogP contribution >= 0.6 is 27.5 Å². The quantitative estimate of drug-likeness (QED) is 0.349. The zero-order valence-electron chi connectivity index (χ0n) is 17.8. The van der Waals surface area contributed by atoms with Gasteiger partial charge < -0.3 is 10.1 Å². The van der Waals surface area contributed by atoms with Gasteiger partial charge in [-0.2, -0.15) is 0 Å². The van der Waals surface area contributed by atoms with Crippen molar-refractivity contribution < 1.29 is 13.2 Å². The van der Waals surface area contributed by atoms with Gasteiger partial charge in [-0.05, 0) is 72.0 Å². The first-order valence-electron chi connectivity index (χ1n) is 10.5. The van der Waals surface area contributed by atoms with Crippen LogP contribution in [-0.4, -0.2) is 15.5 Å². The molecule has 1 heterocycles. The van der Waals surface area contributed by atoms with Crippen molar-refractivity contribution in [2.45, 2.75) is 23.3 Å². The second-order valence-corrected chi connectivity index (χ2v) is 11.3. The summed E-state index contributed by atoms with van der Waals surface area (Å²) in [5.41, 5.74) is 3.46. The van der Waals surface area contributed by atoms with E-state index in [1.165, 1.54) is 18.7 Å². The average molecular weight is 546 g/mol. The van der Waals surface area contributed by atoms with E-state index < -0.39 is 10.0 Å². The lowest BCUT2D eigenvalue weighted by Crippen LogP contribution is -2.29. The van der Waals surface area contributed by atoms with Gasteiger partial charge in [0.1, 0.15) is 5.75 Å². The van der Waals surface area contributed by atoms with E-state index >= 15 is 0 Å². The molecule has 0 spiro atoms. The molecule has 2 N–H and O–H groups in total. The Labute approximate surface area is 207 Å². The number of ether oxygens (including phenoxy) is 1. The van der Waals surface area contributed by atoms with E-state index in [1.54, 1.807) is 24.3 Å². The Morgan fingerprint density at radius 2 is 1.88 bits per heavy atom. The molecule has 0 unspecified atom stereocenters. The highest BCUT2D eigenvalue weighted by molar-refractivity contribution is 9.10. The van der Waals surface area contributed by atoms with Crippen LogP contribution in [0.25, 0.3) is 0 Å². The molecule has 1 aliphatic carbocycles. The van der Waals surface area contributed by atoms with Crippen LogP contribution in [0.2, 0.25) is 5.02 Å². The summed E-state index contributed by atoms with van der Waals surface area (Å²) in [6.07, 6.45) is 5.32. The second kappa shape index (κ2) is 8.70. The zero-order chi connectivity index (χ0) is 23.2. The monoisotopic (exact) mass is 544 g/mol. The Bertz CT molecular complexity index is 1340. The van der Waals surface area contributed by atoms with Crippen molar-refractivity contribution in [1.82, 2.24) is 0 Å². The summed E-state index contributed by atoms with van der Waals surface area (Å²) in [5, 5.41) is 4.07. The third-order valence-corrected chi connectivity index (χ3v) is 8.41. The molecule has 0 saturated heterocycles. The highest BCUT2D eigenvalue weighted by atomic mass is 79.9. The summed E-state index contributed by atoms with van der Waals surface area (Å²) in [6.45, 7) is 0. The first-order chi connectivity index (χ1) is 15.9. The first-order valence-corrected chi connectivity index (χ1v) is 13.2. The first kappa shape index (κ1) is 22.3. The third kappa shape index (κ3) is 4.25. The van der Waals surface area contributed by atoms with E-state index in [9.17, 15) is 8.42 Å². The summed E-state index contributed by atoms with van der Waals surface area (Å²) in [5.74, 6) is 0.863. The highest BCUT2D eigenvalue weighted by Crippen LogP contribution is 2.50. The summed E-state index contributed by atoms with van der Waals surface area (Å²) in [7, 11) is -2.35. The van der Waals surface area contributed by atoms with Crippen molar-refractivity contribution in [3.63, 3.8) is 0 Å². The van der Waals surface area contributed by atoms with Gasteiger partial charge >= 0.3 is 0 Å². The largest absolute Gasteiger partial charge is 0.495 e. The minimum atomic E-state index is -3.84. The predicted octanol–water partition coefficient (Wildman–Crippen LogP) is 6.74. The predicted molar refractivity (Wildman–Crippen MR) is 136 cm³/mol. The van der Waals surface area contributed by atoms with Crippen LogP contribution in [0, 0.1) is 5.92 Å². The molecule has 1 aliphatic heterocycles. The maximum absolute atomic E-state index is 13.2. The molecule has 3 aromatic carbocycles. The zero-order valence-corrected chi connectivity index (χ0v) is 20.9. The van der Waals surface area contributed by atoms with Crippen molar-refractivity contribution >= 4 is 48.9 Å². The van der Waals surface area contributed by atoms with Gasteiger partial charge in [-0.1, -0.05) is 51.8 Å². The fourth-order valence-electron chi connectivity index (χ4n) is 4.70. The summed E-state index contributed by atoms with van der Waals surface area (Å²) in [6, 6.07) is 18.6. The number of hydrogen-bond acceptors (Lipinski definition) is 4. The molecule has 0 fully saturated rings. The summed E-state index contributed by atoms with van der Waals surface area (Å²) < 4.78 is 35.4. The molecule has 8 heteroatoms. The van der Waals surface area contributed by atoms with E-state index in [1.807, 2.05) is 6.07 Å². The van der Waals surface area contributed by atoms with E-state index in [0.29, 0.717) is 22.4 Å². The summed E-state index contributed by atoms with van der Waals surface area (Å²) in [4.78, 5) is 0.200. The maximum atomic E-state index is 13.2. The molecule has 3 atom stereocenters. The molecule has 5 rings (SSSR count). The van der Waals surface area contributed by atoms with Crippen LogP contribution in [0.3, 0.4) is 0 Å². The van der Waals surface area contributed by atoms with Crippen LogP contribution in [0.5, 0.6) is 5.75 Å². The second-order valence-electron chi connectivity index (χ2n) is 8.23. The number of benzene rings is 3. The van der Waals surface area contributed by atoms with Crippen LogP contribution in [-0.2, 0) is 10.0 Å². The highest BCUT2D eigenvalue weighted by Gasteiger charge is 2.38. The maximum Gasteiger partial charge on any atom is 0.262 e. The third-order valence-electron chi connectivity index (χ3n) is 6.28. The van der Waals surface area contributed by atoms with Crippen LogP contribution in [0.15, 0.2) is 82.2 Å². The Morgan fingerprint density at radius 3 is 2.64 bits per heavy atom. The lowest BCUT2D eigenvalue weighted by atomic mass is 9.77. The molecular weight excluding hydrogens is 524 g/mol. The number of sulfonamides is 1. The van der Waals surface area contributed by atoms with Crippen molar-refractivity contribution in [2.75, 3.05) is 17.1 Å². The summed E-state index contributed by atoms with van der Waals surface area (Å²) >= 11 is 9.57. The number of rotatable bonds is 5. The van der Waals surface area contributed by atoms with Gasteiger partial charge in [0.05, 0.1) is 23.7 Å². The molecule has 0 radical (unpaired) electrons. The van der Waals surface area contributed by atoms with Crippen molar-refractivity contribution in [1.29, 1.82) is 0 Å². The van der Waals surface area contributed by atoms with Gasteiger partial charge in [0.15, 0.2) is 0 Å². The number of anilines is 2. The molecule has 3 aromatic rings. The number of nitrogens with one attached hydrogen (secondary N) is 2. The molecule has 2 aliphatic rings. The Hall–Kier alpha value is -2.48. The lowest BCUT2D eigenvalue weighted by Gasteiger charge is -2.37. The number of methoxy groups -OCH3 is 1. The minimum absolute atomic E-state index is 0.144. The van der Waals surface area contributed by atoms with Crippen LogP contribution < -0.4 is 14.8 Å². The van der Waals surface area contributed by atoms with Gasteiger partial charge in [-0.15, -0.1) is 0 Å². The number of hydrogen-bond donors (Lipinski definition) is 2. The van der Waals surface area contributed by atoms with Crippen molar-refractivity contribution in [3.8, 4) is 5.75 Å². The number of allylic oxidation sites excluding steroid dienone is 2. The molecule has 170 valence electrons.